The summed E-state index contributed by atoms with van der Waals surface area (Å²) in [5.74, 6) is 0.585. The molecule has 1 saturated carbocycles. The summed E-state index contributed by atoms with van der Waals surface area (Å²) in [5, 5.41) is 0. The Morgan fingerprint density at radius 3 is 2.61 bits per heavy atom. The van der Waals surface area contributed by atoms with Gasteiger partial charge in [-0.3, -0.25) is 0 Å². The number of aromatic amines is 2. The van der Waals surface area contributed by atoms with Crippen molar-refractivity contribution < 1.29 is 0 Å². The summed E-state index contributed by atoms with van der Waals surface area (Å²) in [5.41, 5.74) is 9.03. The lowest BCUT2D eigenvalue weighted by molar-refractivity contribution is 0.308. The molecule has 0 spiro atoms. The van der Waals surface area contributed by atoms with Crippen LogP contribution in [0.5, 0.6) is 0 Å². The van der Waals surface area contributed by atoms with Gasteiger partial charge in [-0.1, -0.05) is 25.3 Å². The van der Waals surface area contributed by atoms with Crippen LogP contribution in [-0.4, -0.2) is 9.97 Å². The van der Waals surface area contributed by atoms with Crippen molar-refractivity contribution in [3.63, 3.8) is 0 Å². The maximum absolute atomic E-state index is 11.2. The highest BCUT2D eigenvalue weighted by Crippen LogP contribution is 2.33. The first kappa shape index (κ1) is 11.5. The molecule has 1 aliphatic carbocycles. The Morgan fingerprint density at radius 2 is 1.83 bits per heavy atom. The van der Waals surface area contributed by atoms with E-state index in [1.165, 1.54) is 32.1 Å². The van der Waals surface area contributed by atoms with Gasteiger partial charge >= 0.3 is 5.69 Å². The Kier molecular flexibility index (Phi) is 2.96. The highest BCUT2D eigenvalue weighted by molar-refractivity contribution is 5.75. The second-order valence-corrected chi connectivity index (χ2v) is 5.31. The number of hydrogen-bond donors (Lipinski definition) is 3. The van der Waals surface area contributed by atoms with Crippen molar-refractivity contribution in [2.24, 2.45) is 11.7 Å². The molecule has 1 atom stereocenters. The first-order chi connectivity index (χ1) is 8.74. The first-order valence-corrected chi connectivity index (χ1v) is 6.71. The van der Waals surface area contributed by atoms with Crippen molar-refractivity contribution in [2.45, 2.75) is 38.1 Å². The zero-order valence-corrected chi connectivity index (χ0v) is 10.4. The molecule has 0 amide bonds. The number of benzene rings is 1. The molecule has 18 heavy (non-hydrogen) atoms. The van der Waals surface area contributed by atoms with Crippen molar-refractivity contribution in [1.29, 1.82) is 0 Å². The van der Waals surface area contributed by atoms with Gasteiger partial charge in [-0.25, -0.2) is 4.79 Å². The van der Waals surface area contributed by atoms with Crippen LogP contribution in [0.1, 0.15) is 43.7 Å². The molecule has 4 N–H and O–H groups in total. The van der Waals surface area contributed by atoms with Crippen LogP contribution in [0.2, 0.25) is 0 Å². The summed E-state index contributed by atoms with van der Waals surface area (Å²) in [6.45, 7) is 0. The van der Waals surface area contributed by atoms with E-state index in [1.807, 2.05) is 18.2 Å². The molecule has 1 unspecified atom stereocenters. The van der Waals surface area contributed by atoms with Gasteiger partial charge in [0.05, 0.1) is 11.0 Å². The van der Waals surface area contributed by atoms with E-state index in [2.05, 4.69) is 9.97 Å². The SMILES string of the molecule is NC(c1ccc2[nH]c(=O)[nH]c2c1)C1CCCCC1. The van der Waals surface area contributed by atoms with Gasteiger partial charge in [0, 0.05) is 6.04 Å². The van der Waals surface area contributed by atoms with Crippen LogP contribution < -0.4 is 11.4 Å². The standard InChI is InChI=1S/C14H19N3O/c15-13(9-4-2-1-3-5-9)10-6-7-11-12(8-10)17-14(18)16-11/h6-9,13H,1-5,15H2,(H2,16,17,18). The fourth-order valence-electron chi connectivity index (χ4n) is 3.02. The maximum atomic E-state index is 11.2. The van der Waals surface area contributed by atoms with Crippen LogP contribution in [0.25, 0.3) is 11.0 Å². The first-order valence-electron chi connectivity index (χ1n) is 6.71. The summed E-state index contributed by atoms with van der Waals surface area (Å²) in [7, 11) is 0. The number of hydrogen-bond acceptors (Lipinski definition) is 2. The maximum Gasteiger partial charge on any atom is 0.323 e. The molecule has 96 valence electrons. The lowest BCUT2D eigenvalue weighted by atomic mass is 9.81. The predicted octanol–water partition coefficient (Wildman–Crippen LogP) is 2.44. The minimum atomic E-state index is -0.159. The molecular weight excluding hydrogens is 226 g/mol. The Balaban J connectivity index is 1.90. The number of fused-ring (bicyclic) bond motifs is 1. The zero-order chi connectivity index (χ0) is 12.5. The van der Waals surface area contributed by atoms with Gasteiger partial charge in [-0.15, -0.1) is 0 Å². The van der Waals surface area contributed by atoms with Gasteiger partial charge in [0.25, 0.3) is 0 Å². The molecular formula is C14H19N3O. The Hall–Kier alpha value is -1.55. The third-order valence-corrected chi connectivity index (χ3v) is 4.08. The molecule has 1 aromatic heterocycles. The van der Waals surface area contributed by atoms with E-state index >= 15 is 0 Å². The molecule has 2 aromatic rings. The second-order valence-electron chi connectivity index (χ2n) is 5.31. The van der Waals surface area contributed by atoms with Gasteiger partial charge in [0.2, 0.25) is 0 Å². The molecule has 3 rings (SSSR count). The number of rotatable bonds is 2. The molecule has 1 fully saturated rings. The average molecular weight is 245 g/mol. The molecule has 4 heteroatoms. The molecule has 0 saturated heterocycles. The quantitative estimate of drug-likeness (QED) is 0.760. The summed E-state index contributed by atoms with van der Waals surface area (Å²) >= 11 is 0. The third kappa shape index (κ3) is 2.08. The summed E-state index contributed by atoms with van der Waals surface area (Å²) in [4.78, 5) is 16.8. The Morgan fingerprint density at radius 1 is 1.11 bits per heavy atom. The highest BCUT2D eigenvalue weighted by atomic mass is 16.1. The Labute approximate surface area is 106 Å². The number of H-pyrrole nitrogens is 2. The van der Waals surface area contributed by atoms with Crippen LogP contribution in [0.3, 0.4) is 0 Å². The topological polar surface area (TPSA) is 74.7 Å². The summed E-state index contributed by atoms with van der Waals surface area (Å²) in [6, 6.07) is 6.07. The molecule has 1 aromatic carbocycles. The van der Waals surface area contributed by atoms with E-state index in [0.717, 1.165) is 16.6 Å². The van der Waals surface area contributed by atoms with Crippen molar-refractivity contribution in [3.8, 4) is 0 Å². The van der Waals surface area contributed by atoms with Crippen LogP contribution in [0.4, 0.5) is 0 Å². The van der Waals surface area contributed by atoms with Gasteiger partial charge in [-0.05, 0) is 36.5 Å². The highest BCUT2D eigenvalue weighted by Gasteiger charge is 2.22. The van der Waals surface area contributed by atoms with E-state index in [0.29, 0.717) is 5.92 Å². The molecule has 4 nitrogen and oxygen atoms in total. The number of aromatic nitrogens is 2. The molecule has 1 heterocycles. The van der Waals surface area contributed by atoms with E-state index in [4.69, 9.17) is 5.73 Å². The monoisotopic (exact) mass is 245 g/mol. The largest absolute Gasteiger partial charge is 0.324 e. The van der Waals surface area contributed by atoms with Crippen molar-refractivity contribution in [3.05, 3.63) is 34.2 Å². The summed E-state index contributed by atoms with van der Waals surface area (Å²) in [6.07, 6.45) is 6.38. The lowest BCUT2D eigenvalue weighted by Gasteiger charge is -2.27. The average Bonchev–Trinajstić information content (AvgIpc) is 2.78. The smallest absolute Gasteiger partial charge is 0.323 e. The normalized spacial score (nSPS) is 19.2. The van der Waals surface area contributed by atoms with Crippen LogP contribution >= 0.6 is 0 Å². The minimum absolute atomic E-state index is 0.0908. The van der Waals surface area contributed by atoms with Gasteiger partial charge in [0.15, 0.2) is 0 Å². The van der Waals surface area contributed by atoms with Gasteiger partial charge in [0.1, 0.15) is 0 Å². The Bertz CT molecular complexity index is 592. The van der Waals surface area contributed by atoms with Crippen molar-refractivity contribution >= 4 is 11.0 Å². The fraction of sp³-hybridized carbons (Fsp3) is 0.500. The van der Waals surface area contributed by atoms with Crippen molar-refractivity contribution in [2.75, 3.05) is 0 Å². The minimum Gasteiger partial charge on any atom is -0.324 e. The fourth-order valence-corrected chi connectivity index (χ4v) is 3.02. The van der Waals surface area contributed by atoms with Crippen LogP contribution in [-0.2, 0) is 0 Å². The third-order valence-electron chi connectivity index (χ3n) is 4.08. The number of nitrogens with one attached hydrogen (secondary N) is 2. The predicted molar refractivity (Wildman–Crippen MR) is 72.4 cm³/mol. The zero-order valence-electron chi connectivity index (χ0n) is 10.4. The van der Waals surface area contributed by atoms with Gasteiger partial charge in [-0.2, -0.15) is 0 Å². The van der Waals surface area contributed by atoms with Crippen LogP contribution in [0.15, 0.2) is 23.0 Å². The molecule has 0 aliphatic heterocycles. The van der Waals surface area contributed by atoms with E-state index in [-0.39, 0.29) is 11.7 Å². The van der Waals surface area contributed by atoms with E-state index in [1.54, 1.807) is 0 Å². The van der Waals surface area contributed by atoms with Crippen LogP contribution in [0, 0.1) is 5.92 Å². The van der Waals surface area contributed by atoms with Crippen molar-refractivity contribution in [1.82, 2.24) is 9.97 Å². The number of imidazole rings is 1. The molecule has 1 aliphatic rings. The van der Waals surface area contributed by atoms with E-state index in [9.17, 15) is 4.79 Å². The van der Waals surface area contributed by atoms with E-state index < -0.39 is 0 Å². The lowest BCUT2D eigenvalue weighted by Crippen LogP contribution is -2.23. The number of nitrogens with two attached hydrogens (primary N) is 1. The molecule has 0 radical (unpaired) electrons. The van der Waals surface area contributed by atoms with Gasteiger partial charge < -0.3 is 15.7 Å². The summed E-state index contributed by atoms with van der Waals surface area (Å²) < 4.78 is 0. The molecule has 0 bridgehead atoms. The second kappa shape index (κ2) is 4.61.